The lowest BCUT2D eigenvalue weighted by atomic mass is 10.2. The van der Waals surface area contributed by atoms with Crippen LogP contribution in [0.15, 0.2) is 22.7 Å². The van der Waals surface area contributed by atoms with E-state index in [0.717, 1.165) is 6.42 Å². The molecule has 2 rings (SSSR count). The predicted octanol–water partition coefficient (Wildman–Crippen LogP) is 2.04. The molecule has 0 bridgehead atoms. The van der Waals surface area contributed by atoms with Gasteiger partial charge < -0.3 is 15.2 Å². The Labute approximate surface area is 116 Å². The standard InChI is InChI=1S/C13H17N5O2/c1-4-8(2)14-13(19)10-5-6-11(17-16-10)15-12-7-9(3)20-18-12/h5-8H,4H2,1-3H3,(H,14,19)(H,15,17,18). The van der Waals surface area contributed by atoms with Crippen LogP contribution in [0.4, 0.5) is 11.6 Å². The van der Waals surface area contributed by atoms with Gasteiger partial charge in [0, 0.05) is 12.1 Å². The van der Waals surface area contributed by atoms with Crippen molar-refractivity contribution < 1.29 is 9.32 Å². The summed E-state index contributed by atoms with van der Waals surface area (Å²) in [4.78, 5) is 11.8. The minimum absolute atomic E-state index is 0.111. The van der Waals surface area contributed by atoms with Crippen molar-refractivity contribution in [3.05, 3.63) is 29.7 Å². The zero-order valence-electron chi connectivity index (χ0n) is 11.7. The van der Waals surface area contributed by atoms with Crippen molar-refractivity contribution in [1.82, 2.24) is 20.7 Å². The number of carbonyl (C=O) groups excluding carboxylic acids is 1. The molecule has 1 atom stereocenters. The first-order valence-corrected chi connectivity index (χ1v) is 6.43. The smallest absolute Gasteiger partial charge is 0.272 e. The van der Waals surface area contributed by atoms with Crippen LogP contribution >= 0.6 is 0 Å². The van der Waals surface area contributed by atoms with E-state index >= 15 is 0 Å². The monoisotopic (exact) mass is 275 g/mol. The van der Waals surface area contributed by atoms with Gasteiger partial charge in [0.2, 0.25) is 0 Å². The van der Waals surface area contributed by atoms with Gasteiger partial charge in [-0.15, -0.1) is 10.2 Å². The average Bonchev–Trinajstić information content (AvgIpc) is 2.84. The van der Waals surface area contributed by atoms with Crippen molar-refractivity contribution in [2.24, 2.45) is 0 Å². The highest BCUT2D eigenvalue weighted by Crippen LogP contribution is 2.13. The van der Waals surface area contributed by atoms with E-state index in [1.807, 2.05) is 13.8 Å². The maximum absolute atomic E-state index is 11.8. The summed E-state index contributed by atoms with van der Waals surface area (Å²) in [6, 6.07) is 5.13. The quantitative estimate of drug-likeness (QED) is 0.867. The van der Waals surface area contributed by atoms with E-state index in [0.29, 0.717) is 17.4 Å². The minimum atomic E-state index is -0.226. The fourth-order valence-electron chi connectivity index (χ4n) is 1.48. The zero-order chi connectivity index (χ0) is 14.5. The van der Waals surface area contributed by atoms with Crippen LogP contribution in [-0.4, -0.2) is 27.3 Å². The van der Waals surface area contributed by atoms with Gasteiger partial charge in [0.05, 0.1) is 0 Å². The van der Waals surface area contributed by atoms with Crippen LogP contribution in [0.2, 0.25) is 0 Å². The number of carbonyl (C=O) groups is 1. The molecule has 2 heterocycles. The second-order valence-corrected chi connectivity index (χ2v) is 4.53. The summed E-state index contributed by atoms with van der Waals surface area (Å²) in [5.74, 6) is 1.52. The van der Waals surface area contributed by atoms with Gasteiger partial charge in [0.15, 0.2) is 17.3 Å². The molecule has 2 aromatic heterocycles. The summed E-state index contributed by atoms with van der Waals surface area (Å²) in [7, 11) is 0. The summed E-state index contributed by atoms with van der Waals surface area (Å²) in [5.41, 5.74) is 0.284. The van der Waals surface area contributed by atoms with Crippen molar-refractivity contribution in [3.8, 4) is 0 Å². The molecule has 106 valence electrons. The molecule has 0 saturated carbocycles. The third kappa shape index (κ3) is 3.53. The van der Waals surface area contributed by atoms with Gasteiger partial charge in [-0.2, -0.15) is 0 Å². The Bertz CT molecular complexity index is 579. The van der Waals surface area contributed by atoms with Crippen LogP contribution in [-0.2, 0) is 0 Å². The van der Waals surface area contributed by atoms with Gasteiger partial charge >= 0.3 is 0 Å². The first kappa shape index (κ1) is 14.0. The summed E-state index contributed by atoms with van der Waals surface area (Å²) in [6.07, 6.45) is 0.865. The molecule has 0 radical (unpaired) electrons. The second kappa shape index (κ2) is 6.14. The fourth-order valence-corrected chi connectivity index (χ4v) is 1.48. The third-order valence-electron chi connectivity index (χ3n) is 2.77. The lowest BCUT2D eigenvalue weighted by Gasteiger charge is -2.10. The first-order valence-electron chi connectivity index (χ1n) is 6.43. The highest BCUT2D eigenvalue weighted by molar-refractivity contribution is 5.92. The number of aromatic nitrogens is 3. The van der Waals surface area contributed by atoms with Gasteiger partial charge in [0.25, 0.3) is 5.91 Å². The largest absolute Gasteiger partial charge is 0.360 e. The molecule has 0 aromatic carbocycles. The highest BCUT2D eigenvalue weighted by Gasteiger charge is 2.11. The number of hydrogen-bond donors (Lipinski definition) is 2. The number of rotatable bonds is 5. The Morgan fingerprint density at radius 3 is 2.70 bits per heavy atom. The number of aryl methyl sites for hydroxylation is 1. The normalized spacial score (nSPS) is 11.9. The number of anilines is 2. The number of nitrogens with one attached hydrogen (secondary N) is 2. The fraction of sp³-hybridized carbons (Fsp3) is 0.385. The maximum Gasteiger partial charge on any atom is 0.272 e. The summed E-state index contributed by atoms with van der Waals surface area (Å²) < 4.78 is 4.93. The van der Waals surface area contributed by atoms with Crippen molar-refractivity contribution in [2.45, 2.75) is 33.2 Å². The Morgan fingerprint density at radius 2 is 2.15 bits per heavy atom. The van der Waals surface area contributed by atoms with Crippen LogP contribution in [0.25, 0.3) is 0 Å². The van der Waals surface area contributed by atoms with Gasteiger partial charge in [-0.1, -0.05) is 12.1 Å². The van der Waals surface area contributed by atoms with E-state index in [1.165, 1.54) is 0 Å². The highest BCUT2D eigenvalue weighted by atomic mass is 16.5. The minimum Gasteiger partial charge on any atom is -0.360 e. The van der Waals surface area contributed by atoms with Gasteiger partial charge in [-0.05, 0) is 32.4 Å². The maximum atomic E-state index is 11.8. The predicted molar refractivity (Wildman–Crippen MR) is 73.8 cm³/mol. The molecule has 1 amide bonds. The Morgan fingerprint density at radius 1 is 1.35 bits per heavy atom. The number of nitrogens with zero attached hydrogens (tertiary/aromatic N) is 3. The van der Waals surface area contributed by atoms with Crippen LogP contribution in [0.3, 0.4) is 0 Å². The second-order valence-electron chi connectivity index (χ2n) is 4.53. The molecule has 0 fully saturated rings. The van der Waals surface area contributed by atoms with E-state index in [9.17, 15) is 4.79 Å². The molecule has 0 aliphatic rings. The van der Waals surface area contributed by atoms with E-state index in [2.05, 4.69) is 26.0 Å². The molecule has 2 aromatic rings. The van der Waals surface area contributed by atoms with Crippen molar-refractivity contribution in [3.63, 3.8) is 0 Å². The molecular weight excluding hydrogens is 258 g/mol. The summed E-state index contributed by atoms with van der Waals surface area (Å²) in [5, 5.41) is 17.4. The lowest BCUT2D eigenvalue weighted by Crippen LogP contribution is -2.32. The van der Waals surface area contributed by atoms with Gasteiger partial charge in [-0.3, -0.25) is 4.79 Å². The molecule has 0 aliphatic heterocycles. The molecule has 0 aliphatic carbocycles. The molecule has 7 nitrogen and oxygen atoms in total. The van der Waals surface area contributed by atoms with E-state index in [-0.39, 0.29) is 17.6 Å². The van der Waals surface area contributed by atoms with E-state index in [1.54, 1.807) is 25.1 Å². The molecule has 1 unspecified atom stereocenters. The van der Waals surface area contributed by atoms with Crippen LogP contribution < -0.4 is 10.6 Å². The molecule has 7 heteroatoms. The SMILES string of the molecule is CCC(C)NC(=O)c1ccc(Nc2cc(C)on2)nn1. The van der Waals surface area contributed by atoms with Crippen molar-refractivity contribution in [1.29, 1.82) is 0 Å². The van der Waals surface area contributed by atoms with Crippen LogP contribution in [0.5, 0.6) is 0 Å². The molecule has 0 spiro atoms. The third-order valence-corrected chi connectivity index (χ3v) is 2.77. The zero-order valence-corrected chi connectivity index (χ0v) is 11.7. The van der Waals surface area contributed by atoms with Crippen LogP contribution in [0.1, 0.15) is 36.5 Å². The summed E-state index contributed by atoms with van der Waals surface area (Å²) in [6.45, 7) is 5.74. The number of hydrogen-bond acceptors (Lipinski definition) is 6. The molecule has 0 saturated heterocycles. The van der Waals surface area contributed by atoms with Crippen molar-refractivity contribution >= 4 is 17.5 Å². The van der Waals surface area contributed by atoms with Crippen LogP contribution in [0, 0.1) is 6.92 Å². The average molecular weight is 275 g/mol. The van der Waals surface area contributed by atoms with Crippen molar-refractivity contribution in [2.75, 3.05) is 5.32 Å². The Kier molecular flexibility index (Phi) is 4.29. The van der Waals surface area contributed by atoms with E-state index in [4.69, 9.17) is 4.52 Å². The van der Waals surface area contributed by atoms with Gasteiger partial charge in [-0.25, -0.2) is 0 Å². The Hall–Kier alpha value is -2.44. The molecule has 20 heavy (non-hydrogen) atoms. The molecule has 2 N–H and O–H groups in total. The van der Waals surface area contributed by atoms with Gasteiger partial charge in [0.1, 0.15) is 5.76 Å². The Balaban J connectivity index is 2.00. The topological polar surface area (TPSA) is 92.9 Å². The lowest BCUT2D eigenvalue weighted by molar-refractivity contribution is 0.0933. The number of amides is 1. The molecular formula is C13H17N5O2. The van der Waals surface area contributed by atoms with E-state index < -0.39 is 0 Å². The first-order chi connectivity index (χ1) is 9.58. The summed E-state index contributed by atoms with van der Waals surface area (Å²) >= 11 is 0.